The van der Waals surface area contributed by atoms with Crippen molar-refractivity contribution in [3.8, 4) is 0 Å². The molecule has 2 heterocycles. The highest BCUT2D eigenvalue weighted by Gasteiger charge is 2.34. The van der Waals surface area contributed by atoms with Crippen LogP contribution < -0.4 is 16.2 Å². The normalized spacial score (nSPS) is 26.9. The van der Waals surface area contributed by atoms with E-state index in [2.05, 4.69) is 20.3 Å². The number of aryl methyl sites for hydroxylation is 1. The molecule has 1 aliphatic carbocycles. The lowest BCUT2D eigenvalue weighted by Gasteiger charge is -2.44. The minimum Gasteiger partial charge on any atom is -0.353 e. The lowest BCUT2D eigenvalue weighted by molar-refractivity contribution is 0.242. The first-order chi connectivity index (χ1) is 9.28. The predicted octanol–water partition coefficient (Wildman–Crippen LogP) is 2.23. The van der Waals surface area contributed by atoms with E-state index < -0.39 is 0 Å². The molecule has 0 aromatic carbocycles. The molecule has 1 aliphatic heterocycles. The second kappa shape index (κ2) is 5.33. The number of anilines is 2. The van der Waals surface area contributed by atoms with Crippen molar-refractivity contribution < 1.29 is 0 Å². The first kappa shape index (κ1) is 12.7. The largest absolute Gasteiger partial charge is 0.353 e. The van der Waals surface area contributed by atoms with Gasteiger partial charge in [-0.3, -0.25) is 0 Å². The van der Waals surface area contributed by atoms with E-state index in [-0.39, 0.29) is 0 Å². The molecular formula is C14H23N5. The number of nitrogens with two attached hydrogens (primary N) is 1. The van der Waals surface area contributed by atoms with Crippen LogP contribution in [0.25, 0.3) is 0 Å². The number of hydrazine groups is 1. The second-order valence-electron chi connectivity index (χ2n) is 5.75. The maximum Gasteiger partial charge on any atom is 0.145 e. The zero-order valence-electron chi connectivity index (χ0n) is 11.6. The molecule has 2 aliphatic rings. The van der Waals surface area contributed by atoms with Gasteiger partial charge < -0.3 is 10.3 Å². The number of fused-ring (bicyclic) bond motifs is 1. The minimum absolute atomic E-state index is 0.669. The van der Waals surface area contributed by atoms with Crippen LogP contribution >= 0.6 is 0 Å². The predicted molar refractivity (Wildman–Crippen MR) is 76.9 cm³/mol. The van der Waals surface area contributed by atoms with Gasteiger partial charge in [-0.15, -0.1) is 0 Å². The number of nitrogen functional groups attached to an aromatic ring is 1. The summed E-state index contributed by atoms with van der Waals surface area (Å²) in [7, 11) is 0. The molecular weight excluding hydrogens is 238 g/mol. The molecule has 0 unspecified atom stereocenters. The van der Waals surface area contributed by atoms with Crippen LogP contribution in [-0.4, -0.2) is 22.6 Å². The zero-order valence-corrected chi connectivity index (χ0v) is 11.6. The monoisotopic (exact) mass is 261 g/mol. The van der Waals surface area contributed by atoms with Gasteiger partial charge in [-0.25, -0.2) is 15.8 Å². The smallest absolute Gasteiger partial charge is 0.145 e. The van der Waals surface area contributed by atoms with Crippen molar-refractivity contribution in [2.75, 3.05) is 16.9 Å². The van der Waals surface area contributed by atoms with Gasteiger partial charge in [-0.2, -0.15) is 0 Å². The Hall–Kier alpha value is -1.36. The fourth-order valence-electron chi connectivity index (χ4n) is 3.68. The third-order valence-corrected chi connectivity index (χ3v) is 4.51. The number of rotatable bonds is 2. The molecule has 1 saturated carbocycles. The summed E-state index contributed by atoms with van der Waals surface area (Å²) >= 11 is 0. The van der Waals surface area contributed by atoms with Gasteiger partial charge in [-0.1, -0.05) is 12.8 Å². The van der Waals surface area contributed by atoms with Gasteiger partial charge in [0.05, 0.1) is 0 Å². The Morgan fingerprint density at radius 2 is 2.00 bits per heavy atom. The van der Waals surface area contributed by atoms with E-state index in [1.54, 1.807) is 0 Å². The number of aromatic nitrogens is 2. The molecule has 1 aromatic rings. The van der Waals surface area contributed by atoms with Gasteiger partial charge in [0.25, 0.3) is 0 Å². The van der Waals surface area contributed by atoms with E-state index in [4.69, 9.17) is 5.84 Å². The zero-order chi connectivity index (χ0) is 13.2. The Balaban J connectivity index is 1.89. The van der Waals surface area contributed by atoms with Gasteiger partial charge in [0.1, 0.15) is 17.5 Å². The van der Waals surface area contributed by atoms with Crippen LogP contribution in [0.2, 0.25) is 0 Å². The molecule has 0 bridgehead atoms. The van der Waals surface area contributed by atoms with Crippen LogP contribution in [0.3, 0.4) is 0 Å². The maximum absolute atomic E-state index is 5.49. The summed E-state index contributed by atoms with van der Waals surface area (Å²) in [5.74, 6) is 8.87. The molecule has 2 fully saturated rings. The SMILES string of the molecule is Cc1nc(NN)cc(N2CCC[C@H]3CCCC[C@H]32)n1. The Morgan fingerprint density at radius 1 is 1.21 bits per heavy atom. The molecule has 0 amide bonds. The Kier molecular flexibility index (Phi) is 3.55. The number of nitrogens with zero attached hydrogens (tertiary/aromatic N) is 3. The number of nitrogens with one attached hydrogen (secondary N) is 1. The average Bonchev–Trinajstić information content (AvgIpc) is 2.46. The van der Waals surface area contributed by atoms with Gasteiger partial charge in [0.15, 0.2) is 0 Å². The quantitative estimate of drug-likeness (QED) is 0.631. The van der Waals surface area contributed by atoms with Crippen LogP contribution in [0.5, 0.6) is 0 Å². The summed E-state index contributed by atoms with van der Waals surface area (Å²) in [5, 5.41) is 0. The molecule has 104 valence electrons. The summed E-state index contributed by atoms with van der Waals surface area (Å²) in [6.07, 6.45) is 8.09. The van der Waals surface area contributed by atoms with E-state index in [0.29, 0.717) is 11.9 Å². The lowest BCUT2D eigenvalue weighted by Crippen LogP contribution is -2.47. The van der Waals surface area contributed by atoms with Crippen molar-refractivity contribution in [3.63, 3.8) is 0 Å². The van der Waals surface area contributed by atoms with Crippen molar-refractivity contribution in [2.45, 2.75) is 51.5 Å². The highest BCUT2D eigenvalue weighted by Crippen LogP contribution is 2.37. The van der Waals surface area contributed by atoms with Crippen LogP contribution in [0.1, 0.15) is 44.3 Å². The number of hydrogen-bond acceptors (Lipinski definition) is 5. The van der Waals surface area contributed by atoms with Crippen LogP contribution in [0.15, 0.2) is 6.07 Å². The Morgan fingerprint density at radius 3 is 2.84 bits per heavy atom. The third-order valence-electron chi connectivity index (χ3n) is 4.51. The highest BCUT2D eigenvalue weighted by atomic mass is 15.3. The maximum atomic E-state index is 5.49. The second-order valence-corrected chi connectivity index (χ2v) is 5.75. The van der Waals surface area contributed by atoms with E-state index in [0.717, 1.165) is 24.1 Å². The number of hydrogen-bond donors (Lipinski definition) is 2. The van der Waals surface area contributed by atoms with Crippen LogP contribution in [0.4, 0.5) is 11.6 Å². The molecule has 2 atom stereocenters. The molecule has 1 aromatic heterocycles. The van der Waals surface area contributed by atoms with Crippen LogP contribution in [0, 0.1) is 12.8 Å². The highest BCUT2D eigenvalue weighted by molar-refractivity contribution is 5.50. The van der Waals surface area contributed by atoms with E-state index in [1.807, 2.05) is 13.0 Å². The summed E-state index contributed by atoms with van der Waals surface area (Å²) in [6, 6.07) is 2.65. The van der Waals surface area contributed by atoms with Gasteiger partial charge in [0.2, 0.25) is 0 Å². The van der Waals surface area contributed by atoms with Crippen molar-refractivity contribution in [1.82, 2.24) is 9.97 Å². The lowest BCUT2D eigenvalue weighted by atomic mass is 9.78. The van der Waals surface area contributed by atoms with Gasteiger partial charge in [-0.05, 0) is 38.5 Å². The van der Waals surface area contributed by atoms with Crippen molar-refractivity contribution >= 4 is 11.6 Å². The van der Waals surface area contributed by atoms with E-state index in [1.165, 1.54) is 38.5 Å². The van der Waals surface area contributed by atoms with Crippen molar-refractivity contribution in [2.24, 2.45) is 11.8 Å². The summed E-state index contributed by atoms with van der Waals surface area (Å²) in [5.41, 5.74) is 2.64. The molecule has 1 saturated heterocycles. The van der Waals surface area contributed by atoms with Gasteiger partial charge in [0, 0.05) is 18.7 Å². The summed E-state index contributed by atoms with van der Waals surface area (Å²) in [6.45, 7) is 3.04. The minimum atomic E-state index is 0.669. The average molecular weight is 261 g/mol. The molecule has 0 radical (unpaired) electrons. The fourth-order valence-corrected chi connectivity index (χ4v) is 3.68. The van der Waals surface area contributed by atoms with Gasteiger partial charge >= 0.3 is 0 Å². The van der Waals surface area contributed by atoms with Crippen molar-refractivity contribution in [1.29, 1.82) is 0 Å². The van der Waals surface area contributed by atoms with E-state index in [9.17, 15) is 0 Å². The first-order valence-electron chi connectivity index (χ1n) is 7.37. The molecule has 0 spiro atoms. The third kappa shape index (κ3) is 2.52. The fraction of sp³-hybridized carbons (Fsp3) is 0.714. The standard InChI is InChI=1S/C14H23N5/c1-10-16-13(18-15)9-14(17-10)19-8-4-6-11-5-2-3-7-12(11)19/h9,11-12H,2-8,15H2,1H3,(H,16,17,18)/t11-,12-/m1/s1. The van der Waals surface area contributed by atoms with Crippen LogP contribution in [-0.2, 0) is 0 Å². The topological polar surface area (TPSA) is 67.1 Å². The molecule has 5 nitrogen and oxygen atoms in total. The van der Waals surface area contributed by atoms with E-state index >= 15 is 0 Å². The molecule has 5 heteroatoms. The van der Waals surface area contributed by atoms with Crippen molar-refractivity contribution in [3.05, 3.63) is 11.9 Å². The molecule has 3 rings (SSSR count). The Bertz CT molecular complexity index is 445. The first-order valence-corrected chi connectivity index (χ1v) is 7.37. The summed E-state index contributed by atoms with van der Waals surface area (Å²) in [4.78, 5) is 11.4. The Labute approximate surface area is 114 Å². The number of piperidine rings is 1. The molecule has 3 N–H and O–H groups in total. The molecule has 19 heavy (non-hydrogen) atoms. The summed E-state index contributed by atoms with van der Waals surface area (Å²) < 4.78 is 0.